The maximum absolute atomic E-state index is 16.4. The number of aromatic nitrogens is 4. The molecule has 0 radical (unpaired) electrons. The van der Waals surface area contributed by atoms with Gasteiger partial charge in [-0.1, -0.05) is 39.8 Å². The molecular weight excluding hydrogens is 613 g/mol. The number of nitrogens with zero attached hydrogens (tertiary/aromatic N) is 3. The number of alkyl halides is 1. The van der Waals surface area contributed by atoms with Crippen LogP contribution >= 0.6 is 6.49 Å². The third-order valence-electron chi connectivity index (χ3n) is 9.22. The smallest absolute Gasteiger partial charge is 0.280 e. The predicted molar refractivity (Wildman–Crippen MR) is 175 cm³/mol. The Bertz CT molecular complexity index is 1430. The lowest BCUT2D eigenvalue weighted by molar-refractivity contribution is -0.0417. The molecule has 3 heterocycles. The number of hydrogen-bond acceptors (Lipinski definition) is 9. The SMILES string of the molecule is C=C(C)[C@@H]1CC[C@](C)([SiH3])[C@@H](OP(C)(=S)OC[C@H]2O[C@@H](n3cnc4c(=O)[nH]c(N)nc43)C(F)C2O[Si](C)(C)C(C)(C)C)C1. The maximum atomic E-state index is 16.4. The van der Waals surface area contributed by atoms with Gasteiger partial charge < -0.3 is 23.9 Å². The van der Waals surface area contributed by atoms with Crippen LogP contribution in [0, 0.1) is 5.92 Å². The van der Waals surface area contributed by atoms with Crippen molar-refractivity contribution < 1.29 is 22.6 Å². The zero-order chi connectivity index (χ0) is 31.4. The van der Waals surface area contributed by atoms with Gasteiger partial charge in [-0.3, -0.25) is 14.3 Å². The van der Waals surface area contributed by atoms with Gasteiger partial charge >= 0.3 is 0 Å². The number of nitrogens with one attached hydrogen (secondary N) is 1. The lowest BCUT2D eigenvalue weighted by atomic mass is 9.77. The van der Waals surface area contributed by atoms with Crippen molar-refractivity contribution in [1.29, 1.82) is 0 Å². The fourth-order valence-electron chi connectivity index (χ4n) is 5.35. The summed E-state index contributed by atoms with van der Waals surface area (Å²) in [7, 11) is -1.46. The second kappa shape index (κ2) is 11.9. The highest BCUT2D eigenvalue weighted by Gasteiger charge is 2.52. The fourth-order valence-corrected chi connectivity index (χ4v) is 9.31. The van der Waals surface area contributed by atoms with Gasteiger partial charge in [0.05, 0.1) is 19.0 Å². The maximum Gasteiger partial charge on any atom is 0.280 e. The molecule has 1 saturated heterocycles. The molecule has 2 aromatic rings. The number of nitrogens with two attached hydrogens (primary N) is 1. The molecule has 2 fully saturated rings. The summed E-state index contributed by atoms with van der Waals surface area (Å²) in [5.74, 6) is 0.309. The molecule has 3 N–H and O–H groups in total. The first-order valence-corrected chi connectivity index (χ1v) is 21.5. The van der Waals surface area contributed by atoms with Gasteiger partial charge in [-0.2, -0.15) is 4.98 Å². The molecule has 42 heavy (non-hydrogen) atoms. The minimum absolute atomic E-state index is 0.00125. The van der Waals surface area contributed by atoms with Crippen molar-refractivity contribution in [2.24, 2.45) is 5.92 Å². The molecule has 3 unspecified atom stereocenters. The lowest BCUT2D eigenvalue weighted by Gasteiger charge is -2.43. The van der Waals surface area contributed by atoms with Gasteiger partial charge in [0, 0.05) is 16.9 Å². The number of rotatable bonds is 9. The Morgan fingerprint density at radius 3 is 2.74 bits per heavy atom. The van der Waals surface area contributed by atoms with E-state index in [9.17, 15) is 4.79 Å². The molecule has 0 aromatic carbocycles. The van der Waals surface area contributed by atoms with E-state index in [1.54, 1.807) is 0 Å². The van der Waals surface area contributed by atoms with Crippen molar-refractivity contribution >= 4 is 54.0 Å². The Morgan fingerprint density at radius 2 is 2.12 bits per heavy atom. The first kappa shape index (κ1) is 33.6. The Labute approximate surface area is 257 Å². The number of fused-ring (bicyclic) bond motifs is 1. The van der Waals surface area contributed by atoms with Crippen molar-refractivity contribution in [2.75, 3.05) is 19.0 Å². The highest BCUT2D eigenvalue weighted by Crippen LogP contribution is 2.55. The fraction of sp³-hybridized carbons (Fsp3) is 0.741. The number of anilines is 1. The molecule has 0 spiro atoms. The number of nitrogen functional groups attached to an aromatic ring is 1. The quantitative estimate of drug-likeness (QED) is 0.226. The van der Waals surface area contributed by atoms with Crippen molar-refractivity contribution in [1.82, 2.24) is 19.5 Å². The molecular formula is C27H47FN5O5PSSi2. The second-order valence-corrected chi connectivity index (χ2v) is 25.1. The van der Waals surface area contributed by atoms with Crippen LogP contribution < -0.4 is 11.3 Å². The second-order valence-electron chi connectivity index (χ2n) is 14.1. The average Bonchev–Trinajstić information content (AvgIpc) is 3.39. The number of H-pyrrole nitrogens is 1. The van der Waals surface area contributed by atoms with Crippen LogP contribution in [0.25, 0.3) is 11.2 Å². The summed E-state index contributed by atoms with van der Waals surface area (Å²) in [5, 5.41) is -0.0857. The molecule has 2 aromatic heterocycles. The Morgan fingerprint density at radius 1 is 1.45 bits per heavy atom. The molecule has 1 saturated carbocycles. The van der Waals surface area contributed by atoms with Crippen molar-refractivity contribution in [3.05, 3.63) is 28.8 Å². The molecule has 2 aliphatic rings. The van der Waals surface area contributed by atoms with Gasteiger partial charge in [0.15, 0.2) is 38.4 Å². The summed E-state index contributed by atoms with van der Waals surface area (Å²) < 4.78 is 43.6. The molecule has 10 nitrogen and oxygen atoms in total. The Hall–Kier alpha value is -1.26. The van der Waals surface area contributed by atoms with Gasteiger partial charge in [-0.05, 0) is 67.1 Å². The standard InChI is InChI=1S/C27H47FN5O5PSSi2/c1-15(2)16-10-11-27(6,41)18(12-16)37-39(7,40)35-13-17-21(38-42(8,9)26(3,4)5)19(28)24(36-17)33-14-30-20-22(33)31-25(29)32-23(20)34/h14,16-19,21,24H,1,10-13H2,2-9,41H3,(H3,29,31,32,34)/t16-,17-,18+,19?,21?,24-,27+,39?/m1/s1. The van der Waals surface area contributed by atoms with E-state index in [1.165, 1.54) is 16.5 Å². The molecule has 236 valence electrons. The van der Waals surface area contributed by atoms with E-state index in [0.717, 1.165) is 29.5 Å². The number of aromatic amines is 1. The number of halogens is 1. The van der Waals surface area contributed by atoms with Crippen LogP contribution in [0.3, 0.4) is 0 Å². The van der Waals surface area contributed by atoms with Gasteiger partial charge in [-0.25, -0.2) is 9.37 Å². The van der Waals surface area contributed by atoms with E-state index in [-0.39, 0.29) is 39.9 Å². The molecule has 15 heteroatoms. The summed E-state index contributed by atoms with van der Waals surface area (Å²) in [6.45, 7) is 18.0. The summed E-state index contributed by atoms with van der Waals surface area (Å²) in [4.78, 5) is 23.1. The van der Waals surface area contributed by atoms with Gasteiger partial charge in [-0.15, -0.1) is 0 Å². The highest BCUT2D eigenvalue weighted by atomic mass is 32.5. The van der Waals surface area contributed by atoms with Crippen molar-refractivity contribution in [2.45, 2.75) is 108 Å². The van der Waals surface area contributed by atoms with E-state index in [0.29, 0.717) is 5.92 Å². The molecule has 8 atom stereocenters. The molecule has 0 bridgehead atoms. The number of imidazole rings is 1. The van der Waals surface area contributed by atoms with Crippen LogP contribution in [0.15, 0.2) is 23.3 Å². The zero-order valence-electron chi connectivity index (χ0n) is 26.3. The monoisotopic (exact) mass is 659 g/mol. The van der Waals surface area contributed by atoms with Crippen LogP contribution in [0.2, 0.25) is 23.2 Å². The molecule has 1 aliphatic carbocycles. The van der Waals surface area contributed by atoms with Gasteiger partial charge in [0.1, 0.15) is 12.2 Å². The van der Waals surface area contributed by atoms with Crippen LogP contribution in [0.1, 0.15) is 60.1 Å². The van der Waals surface area contributed by atoms with Crippen LogP contribution in [0.4, 0.5) is 10.3 Å². The van der Waals surface area contributed by atoms with Gasteiger partial charge in [0.25, 0.3) is 5.56 Å². The normalized spacial score (nSPS) is 32.3. The Balaban J connectivity index is 1.58. The molecule has 1 aliphatic heterocycles. The summed E-state index contributed by atoms with van der Waals surface area (Å²) in [6.07, 6.45) is -0.0860. The minimum Gasteiger partial charge on any atom is -0.408 e. The van der Waals surface area contributed by atoms with E-state index < -0.39 is 45.0 Å². The van der Waals surface area contributed by atoms with E-state index >= 15 is 4.39 Å². The van der Waals surface area contributed by atoms with Gasteiger partial charge in [0.2, 0.25) is 5.95 Å². The number of allylic oxidation sites excluding steroid dienone is 1. The summed E-state index contributed by atoms with van der Waals surface area (Å²) in [5.41, 5.74) is 6.62. The van der Waals surface area contributed by atoms with Crippen LogP contribution in [-0.4, -0.2) is 75.8 Å². The van der Waals surface area contributed by atoms with E-state index in [1.807, 2.05) is 6.66 Å². The largest absolute Gasteiger partial charge is 0.408 e. The zero-order valence-corrected chi connectivity index (χ0v) is 31.0. The topological polar surface area (TPSA) is 127 Å². The number of ether oxygens (including phenoxy) is 1. The molecule has 0 amide bonds. The summed E-state index contributed by atoms with van der Waals surface area (Å²) >= 11 is 5.90. The number of hydrogen-bond donors (Lipinski definition) is 2. The average molecular weight is 660 g/mol. The first-order chi connectivity index (χ1) is 19.2. The van der Waals surface area contributed by atoms with Crippen molar-refractivity contribution in [3.8, 4) is 0 Å². The van der Waals surface area contributed by atoms with Crippen LogP contribution in [-0.2, 0) is 30.0 Å². The third-order valence-corrected chi connectivity index (χ3v) is 16.7. The summed E-state index contributed by atoms with van der Waals surface area (Å²) in [6, 6.07) is 0. The molecule has 4 rings (SSSR count). The first-order valence-electron chi connectivity index (χ1n) is 14.5. The lowest BCUT2D eigenvalue weighted by Crippen LogP contribution is -2.49. The third kappa shape index (κ3) is 7.01. The van der Waals surface area contributed by atoms with E-state index in [4.69, 9.17) is 35.8 Å². The minimum atomic E-state index is -2.73. The Kier molecular flexibility index (Phi) is 9.55. The van der Waals surface area contributed by atoms with Crippen LogP contribution in [0.5, 0.6) is 0 Å². The predicted octanol–water partition coefficient (Wildman–Crippen LogP) is 4.59. The van der Waals surface area contributed by atoms with Crippen molar-refractivity contribution in [3.63, 3.8) is 0 Å². The van der Waals surface area contributed by atoms with E-state index in [2.05, 4.69) is 69.2 Å². The highest BCUT2D eigenvalue weighted by molar-refractivity contribution is 8.09.